The molecule has 0 radical (unpaired) electrons. The van der Waals surface area contributed by atoms with Gasteiger partial charge in [0.25, 0.3) is 0 Å². The van der Waals surface area contributed by atoms with E-state index < -0.39 is 12.0 Å². The lowest BCUT2D eigenvalue weighted by Crippen LogP contribution is -2.30. The van der Waals surface area contributed by atoms with E-state index in [0.717, 1.165) is 0 Å². The van der Waals surface area contributed by atoms with Crippen molar-refractivity contribution in [2.75, 3.05) is 13.2 Å². The second kappa shape index (κ2) is 6.09. The molecule has 0 aromatic carbocycles. The molecule has 1 atom stereocenters. The zero-order chi connectivity index (χ0) is 8.69. The second-order valence-electron chi connectivity index (χ2n) is 2.17. The largest absolute Gasteiger partial charge is 0.392 e. The van der Waals surface area contributed by atoms with Gasteiger partial charge in [-0.25, -0.2) is 0 Å². The van der Waals surface area contributed by atoms with Crippen molar-refractivity contribution in [2.45, 2.75) is 19.4 Å². The van der Waals surface area contributed by atoms with Gasteiger partial charge in [0.2, 0.25) is 5.91 Å². The van der Waals surface area contributed by atoms with Crippen LogP contribution in [0.15, 0.2) is 0 Å². The fraction of sp³-hybridized carbons (Fsp3) is 0.833. The normalized spacial score (nSPS) is 12.9. The standard InChI is InChI=1S/C6H14N2O3/c1-2-5(9)3-8-11-4-6(7)10/h5,8-9H,2-4H2,1H3,(H2,7,10). The first kappa shape index (κ1) is 10.3. The number of carbonyl (C=O) groups excluding carboxylic acids is 1. The van der Waals surface area contributed by atoms with Crippen LogP contribution in [0.5, 0.6) is 0 Å². The van der Waals surface area contributed by atoms with E-state index in [0.29, 0.717) is 13.0 Å². The second-order valence-corrected chi connectivity index (χ2v) is 2.17. The van der Waals surface area contributed by atoms with Crippen molar-refractivity contribution in [1.82, 2.24) is 5.48 Å². The summed E-state index contributed by atoms with van der Waals surface area (Å²) < 4.78 is 0. The van der Waals surface area contributed by atoms with Crippen LogP contribution >= 0.6 is 0 Å². The number of nitrogens with one attached hydrogen (secondary N) is 1. The molecule has 0 aliphatic carbocycles. The summed E-state index contributed by atoms with van der Waals surface area (Å²) in [6, 6.07) is 0. The number of nitrogens with two attached hydrogens (primary N) is 1. The molecule has 0 rings (SSSR count). The summed E-state index contributed by atoms with van der Waals surface area (Å²) in [6.45, 7) is 1.99. The van der Waals surface area contributed by atoms with E-state index in [-0.39, 0.29) is 6.61 Å². The Morgan fingerprint density at radius 3 is 2.91 bits per heavy atom. The van der Waals surface area contributed by atoms with E-state index in [9.17, 15) is 4.79 Å². The van der Waals surface area contributed by atoms with Crippen molar-refractivity contribution in [3.63, 3.8) is 0 Å². The topological polar surface area (TPSA) is 84.6 Å². The molecule has 0 bridgehead atoms. The number of hydrogen-bond donors (Lipinski definition) is 3. The van der Waals surface area contributed by atoms with Gasteiger partial charge in [-0.1, -0.05) is 6.92 Å². The van der Waals surface area contributed by atoms with Crippen molar-refractivity contribution in [3.8, 4) is 0 Å². The van der Waals surface area contributed by atoms with E-state index in [1.54, 1.807) is 0 Å². The summed E-state index contributed by atoms with van der Waals surface area (Å²) in [5.74, 6) is -0.538. The number of hydrogen-bond acceptors (Lipinski definition) is 4. The Labute approximate surface area is 65.5 Å². The SMILES string of the molecule is CCC(O)CNOCC(N)=O. The number of aliphatic hydroxyl groups is 1. The maximum Gasteiger partial charge on any atom is 0.245 e. The van der Waals surface area contributed by atoms with Crippen molar-refractivity contribution in [1.29, 1.82) is 0 Å². The molecular weight excluding hydrogens is 148 g/mol. The molecule has 0 heterocycles. The molecule has 4 N–H and O–H groups in total. The molecule has 5 nitrogen and oxygen atoms in total. The molecule has 1 unspecified atom stereocenters. The molecule has 1 amide bonds. The fourth-order valence-corrected chi connectivity index (χ4v) is 0.422. The predicted octanol–water partition coefficient (Wildman–Crippen LogP) is -1.24. The quantitative estimate of drug-likeness (QED) is 0.337. The summed E-state index contributed by atoms with van der Waals surface area (Å²) in [6.07, 6.45) is 0.204. The minimum atomic E-state index is -0.538. The zero-order valence-corrected chi connectivity index (χ0v) is 6.54. The Morgan fingerprint density at radius 1 is 1.82 bits per heavy atom. The monoisotopic (exact) mass is 162 g/mol. The summed E-state index contributed by atoms with van der Waals surface area (Å²) >= 11 is 0. The van der Waals surface area contributed by atoms with Gasteiger partial charge in [-0.05, 0) is 6.42 Å². The minimum absolute atomic E-state index is 0.170. The Hall–Kier alpha value is -0.650. The summed E-state index contributed by atoms with van der Waals surface area (Å²) in [4.78, 5) is 14.7. The third-order valence-corrected chi connectivity index (χ3v) is 1.11. The minimum Gasteiger partial charge on any atom is -0.392 e. The van der Waals surface area contributed by atoms with Crippen LogP contribution in [-0.4, -0.2) is 30.3 Å². The number of amides is 1. The highest BCUT2D eigenvalue weighted by atomic mass is 16.6. The first-order valence-corrected chi connectivity index (χ1v) is 3.47. The van der Waals surface area contributed by atoms with Crippen LogP contribution < -0.4 is 11.2 Å². The molecular formula is C6H14N2O3. The van der Waals surface area contributed by atoms with E-state index in [1.807, 2.05) is 6.92 Å². The van der Waals surface area contributed by atoms with E-state index >= 15 is 0 Å². The first-order chi connectivity index (χ1) is 5.16. The summed E-state index contributed by atoms with van der Waals surface area (Å²) in [7, 11) is 0. The maximum atomic E-state index is 10.1. The number of aliphatic hydroxyl groups excluding tert-OH is 1. The lowest BCUT2D eigenvalue weighted by Gasteiger charge is -2.07. The number of primary amides is 1. The van der Waals surface area contributed by atoms with Gasteiger partial charge in [0, 0.05) is 6.54 Å². The zero-order valence-electron chi connectivity index (χ0n) is 6.54. The highest BCUT2D eigenvalue weighted by Gasteiger charge is 1.99. The molecule has 0 spiro atoms. The van der Waals surface area contributed by atoms with Crippen molar-refractivity contribution in [3.05, 3.63) is 0 Å². The van der Waals surface area contributed by atoms with Crippen LogP contribution in [-0.2, 0) is 9.63 Å². The first-order valence-electron chi connectivity index (χ1n) is 3.47. The van der Waals surface area contributed by atoms with Gasteiger partial charge in [-0.3, -0.25) is 9.63 Å². The third-order valence-electron chi connectivity index (χ3n) is 1.11. The van der Waals surface area contributed by atoms with Crippen LogP contribution in [0.2, 0.25) is 0 Å². The van der Waals surface area contributed by atoms with E-state index in [2.05, 4.69) is 10.3 Å². The average molecular weight is 162 g/mol. The van der Waals surface area contributed by atoms with Gasteiger partial charge in [0.05, 0.1) is 6.10 Å². The molecule has 5 heteroatoms. The van der Waals surface area contributed by atoms with Gasteiger partial charge < -0.3 is 10.8 Å². The Balaban J connectivity index is 3.08. The van der Waals surface area contributed by atoms with Crippen LogP contribution in [0, 0.1) is 0 Å². The van der Waals surface area contributed by atoms with Crippen molar-refractivity contribution >= 4 is 5.91 Å². The van der Waals surface area contributed by atoms with Crippen LogP contribution in [0.25, 0.3) is 0 Å². The van der Waals surface area contributed by atoms with Crippen LogP contribution in [0.1, 0.15) is 13.3 Å². The van der Waals surface area contributed by atoms with Crippen molar-refractivity contribution in [2.24, 2.45) is 5.73 Å². The molecule has 0 aliphatic heterocycles. The molecule has 0 aliphatic rings. The van der Waals surface area contributed by atoms with Gasteiger partial charge in [0.15, 0.2) is 0 Å². The van der Waals surface area contributed by atoms with Gasteiger partial charge in [0.1, 0.15) is 6.61 Å². The van der Waals surface area contributed by atoms with Crippen LogP contribution in [0.4, 0.5) is 0 Å². The van der Waals surface area contributed by atoms with E-state index in [1.165, 1.54) is 0 Å². The number of carbonyl (C=O) groups is 1. The van der Waals surface area contributed by atoms with Crippen molar-refractivity contribution < 1.29 is 14.7 Å². The summed E-state index contributed by atoms with van der Waals surface area (Å²) in [5.41, 5.74) is 7.19. The number of hydroxylamine groups is 1. The lowest BCUT2D eigenvalue weighted by atomic mass is 10.3. The number of rotatable bonds is 6. The lowest BCUT2D eigenvalue weighted by molar-refractivity contribution is -0.125. The third kappa shape index (κ3) is 7.24. The van der Waals surface area contributed by atoms with Gasteiger partial charge >= 0.3 is 0 Å². The molecule has 0 saturated carbocycles. The Bertz CT molecular complexity index is 118. The highest BCUT2D eigenvalue weighted by molar-refractivity contribution is 5.74. The Kier molecular flexibility index (Phi) is 5.73. The van der Waals surface area contributed by atoms with Gasteiger partial charge in [-0.2, -0.15) is 5.48 Å². The smallest absolute Gasteiger partial charge is 0.245 e. The molecule has 0 aromatic rings. The maximum absolute atomic E-state index is 10.1. The molecule has 0 fully saturated rings. The molecule has 0 saturated heterocycles. The van der Waals surface area contributed by atoms with E-state index in [4.69, 9.17) is 10.8 Å². The fourth-order valence-electron chi connectivity index (χ4n) is 0.422. The highest BCUT2D eigenvalue weighted by Crippen LogP contribution is 1.85. The summed E-state index contributed by atoms with van der Waals surface area (Å²) in [5, 5.41) is 8.96. The van der Waals surface area contributed by atoms with Gasteiger partial charge in [-0.15, -0.1) is 0 Å². The Morgan fingerprint density at radius 2 is 2.45 bits per heavy atom. The molecule has 66 valence electrons. The molecule has 0 aromatic heterocycles. The average Bonchev–Trinajstić information content (AvgIpc) is 1.97. The molecule has 11 heavy (non-hydrogen) atoms. The van der Waals surface area contributed by atoms with Crippen LogP contribution in [0.3, 0.4) is 0 Å². The predicted molar refractivity (Wildman–Crippen MR) is 39.4 cm³/mol.